The molecule has 0 unspecified atom stereocenters. The summed E-state index contributed by atoms with van der Waals surface area (Å²) >= 11 is 0. The van der Waals surface area contributed by atoms with Crippen LogP contribution < -0.4 is 5.32 Å². The molecule has 0 aliphatic heterocycles. The number of hydrogen-bond donors (Lipinski definition) is 1. The van der Waals surface area contributed by atoms with E-state index in [1.165, 1.54) is 24.0 Å². The molecule has 2 amide bonds. The smallest absolute Gasteiger partial charge is 0.412 e. The number of nitrogens with zero attached hydrogens (tertiary/aromatic N) is 2. The van der Waals surface area contributed by atoms with Gasteiger partial charge in [-0.05, 0) is 64.8 Å². The van der Waals surface area contributed by atoms with Crippen molar-refractivity contribution in [2.45, 2.75) is 77.0 Å². The average molecular weight is 430 g/mol. The number of rotatable bonds is 5. The van der Waals surface area contributed by atoms with Gasteiger partial charge >= 0.3 is 12.1 Å². The van der Waals surface area contributed by atoms with Crippen molar-refractivity contribution in [3.63, 3.8) is 0 Å². The highest BCUT2D eigenvalue weighted by Gasteiger charge is 2.40. The van der Waals surface area contributed by atoms with Crippen LogP contribution in [-0.2, 0) is 14.3 Å². The Bertz CT molecular complexity index is 845. The minimum Gasteiger partial charge on any atom is -0.449 e. The molecule has 0 bridgehead atoms. The second-order valence-corrected chi connectivity index (χ2v) is 8.85. The van der Waals surface area contributed by atoms with Gasteiger partial charge in [-0.3, -0.25) is 10.1 Å². The Hall–Kier alpha value is -3.08. The van der Waals surface area contributed by atoms with E-state index in [2.05, 4.69) is 11.4 Å². The monoisotopic (exact) mass is 429 g/mol. The molecule has 31 heavy (non-hydrogen) atoms. The van der Waals surface area contributed by atoms with Crippen LogP contribution in [0, 0.1) is 11.3 Å². The Kier molecular flexibility index (Phi) is 7.66. The maximum atomic E-state index is 12.8. The molecular formula is C23H31N3O5. The average Bonchev–Trinajstić information content (AvgIpc) is 2.72. The summed E-state index contributed by atoms with van der Waals surface area (Å²) in [6, 6.07) is 8.38. The lowest BCUT2D eigenvalue weighted by molar-refractivity contribution is -0.143. The third kappa shape index (κ3) is 6.45. The Balaban J connectivity index is 1.97. The molecule has 0 aromatic heterocycles. The molecule has 1 saturated carbocycles. The summed E-state index contributed by atoms with van der Waals surface area (Å²) in [4.78, 5) is 38.5. The lowest BCUT2D eigenvalue weighted by Gasteiger charge is -2.39. The summed E-state index contributed by atoms with van der Waals surface area (Å²) in [6.45, 7) is 6.79. The van der Waals surface area contributed by atoms with E-state index in [0.717, 1.165) is 19.3 Å². The Morgan fingerprint density at radius 1 is 1.13 bits per heavy atom. The molecule has 1 atom stereocenters. The van der Waals surface area contributed by atoms with Gasteiger partial charge in [0.15, 0.2) is 6.10 Å². The molecule has 8 nitrogen and oxygen atoms in total. The van der Waals surface area contributed by atoms with Crippen LogP contribution in [0.15, 0.2) is 24.3 Å². The number of carbonyl (C=O) groups excluding carboxylic acids is 3. The highest BCUT2D eigenvalue weighted by atomic mass is 16.6. The van der Waals surface area contributed by atoms with Crippen LogP contribution in [0.4, 0.5) is 10.5 Å². The predicted octanol–water partition coefficient (Wildman–Crippen LogP) is 4.26. The molecule has 168 valence electrons. The molecule has 2 rings (SSSR count). The molecule has 1 aliphatic carbocycles. The highest BCUT2D eigenvalue weighted by molar-refractivity contribution is 5.93. The first kappa shape index (κ1) is 24.2. The Morgan fingerprint density at radius 3 is 2.23 bits per heavy atom. The van der Waals surface area contributed by atoms with E-state index in [4.69, 9.17) is 9.47 Å². The van der Waals surface area contributed by atoms with Crippen molar-refractivity contribution in [1.29, 1.82) is 5.26 Å². The van der Waals surface area contributed by atoms with Gasteiger partial charge in [-0.1, -0.05) is 19.3 Å². The minimum absolute atomic E-state index is 0.240. The molecular weight excluding hydrogens is 398 g/mol. The van der Waals surface area contributed by atoms with Gasteiger partial charge in [0.05, 0.1) is 11.6 Å². The number of likely N-dealkylation sites (N-methyl/N-ethyl adjacent to an activating group) is 1. The van der Waals surface area contributed by atoms with Crippen molar-refractivity contribution < 1.29 is 23.9 Å². The number of nitrogens with one attached hydrogen (secondary N) is 1. The summed E-state index contributed by atoms with van der Waals surface area (Å²) in [6.07, 6.45) is 2.46. The zero-order chi connectivity index (χ0) is 23.2. The summed E-state index contributed by atoms with van der Waals surface area (Å²) in [5.74, 6) is -1.06. The topological polar surface area (TPSA) is 109 Å². The first-order valence-corrected chi connectivity index (χ1v) is 10.5. The van der Waals surface area contributed by atoms with E-state index < -0.39 is 35.2 Å². The van der Waals surface area contributed by atoms with E-state index >= 15 is 0 Å². The largest absolute Gasteiger partial charge is 0.449 e. The first-order valence-electron chi connectivity index (χ1n) is 10.5. The fourth-order valence-electron chi connectivity index (χ4n) is 3.53. The van der Waals surface area contributed by atoms with Crippen LogP contribution in [-0.4, -0.2) is 47.2 Å². The number of hydrogen-bond acceptors (Lipinski definition) is 6. The molecule has 0 radical (unpaired) electrons. The second-order valence-electron chi connectivity index (χ2n) is 8.85. The van der Waals surface area contributed by atoms with Crippen molar-refractivity contribution in [2.75, 3.05) is 12.4 Å². The molecule has 0 saturated heterocycles. The van der Waals surface area contributed by atoms with Crippen molar-refractivity contribution >= 4 is 23.7 Å². The number of esters is 1. The van der Waals surface area contributed by atoms with Crippen LogP contribution in [0.5, 0.6) is 0 Å². The third-order valence-electron chi connectivity index (χ3n) is 5.26. The van der Waals surface area contributed by atoms with Gasteiger partial charge in [0, 0.05) is 12.7 Å². The summed E-state index contributed by atoms with van der Waals surface area (Å²) in [7, 11) is 1.60. The van der Waals surface area contributed by atoms with Crippen molar-refractivity contribution in [3.8, 4) is 6.07 Å². The number of amides is 2. The Labute approximate surface area is 183 Å². The number of anilines is 1. The number of carbonyl (C=O) groups is 3. The molecule has 8 heteroatoms. The van der Waals surface area contributed by atoms with Crippen LogP contribution in [0.25, 0.3) is 0 Å². The molecule has 0 heterocycles. The van der Waals surface area contributed by atoms with E-state index in [9.17, 15) is 19.6 Å². The van der Waals surface area contributed by atoms with Gasteiger partial charge in [-0.25, -0.2) is 9.59 Å². The van der Waals surface area contributed by atoms with Crippen molar-refractivity contribution in [1.82, 2.24) is 4.90 Å². The summed E-state index contributed by atoms with van der Waals surface area (Å²) < 4.78 is 10.5. The third-order valence-corrected chi connectivity index (χ3v) is 5.26. The van der Waals surface area contributed by atoms with Crippen LogP contribution in [0.3, 0.4) is 0 Å². The van der Waals surface area contributed by atoms with Gasteiger partial charge in [0.25, 0.3) is 5.91 Å². The van der Waals surface area contributed by atoms with Gasteiger partial charge in [-0.2, -0.15) is 5.26 Å². The molecule has 1 fully saturated rings. The fraction of sp³-hybridized carbons (Fsp3) is 0.565. The van der Waals surface area contributed by atoms with Gasteiger partial charge in [-0.15, -0.1) is 0 Å². The molecule has 1 aliphatic rings. The highest BCUT2D eigenvalue weighted by Crippen LogP contribution is 2.33. The quantitative estimate of drug-likeness (QED) is 0.701. The standard InChI is InChI=1S/C23H31N3O5/c1-16(19(27)26(5)23(15-24)13-7-6-8-14-23)30-20(28)17-9-11-18(12-10-17)25-21(29)31-22(2,3)4/h9-12,16H,6-8,13-14H2,1-5H3,(H,25,29)/t16-/m0/s1. The lowest BCUT2D eigenvalue weighted by atomic mass is 9.81. The van der Waals surface area contributed by atoms with Gasteiger partial charge in [0.2, 0.25) is 0 Å². The van der Waals surface area contributed by atoms with Gasteiger partial charge in [0.1, 0.15) is 11.1 Å². The fourth-order valence-corrected chi connectivity index (χ4v) is 3.53. The zero-order valence-electron chi connectivity index (χ0n) is 18.9. The number of ether oxygens (including phenoxy) is 2. The number of nitriles is 1. The zero-order valence-corrected chi connectivity index (χ0v) is 18.9. The van der Waals surface area contributed by atoms with E-state index in [0.29, 0.717) is 18.5 Å². The van der Waals surface area contributed by atoms with Crippen molar-refractivity contribution in [3.05, 3.63) is 29.8 Å². The summed E-state index contributed by atoms with van der Waals surface area (Å²) in [5, 5.41) is 12.2. The van der Waals surface area contributed by atoms with Crippen LogP contribution in [0.2, 0.25) is 0 Å². The molecule has 0 spiro atoms. The van der Waals surface area contributed by atoms with Crippen LogP contribution >= 0.6 is 0 Å². The normalized spacial score (nSPS) is 16.4. The van der Waals surface area contributed by atoms with Crippen molar-refractivity contribution in [2.24, 2.45) is 0 Å². The van der Waals surface area contributed by atoms with E-state index in [1.807, 2.05) is 0 Å². The van der Waals surface area contributed by atoms with Crippen LogP contribution in [0.1, 0.15) is 70.2 Å². The summed E-state index contributed by atoms with van der Waals surface area (Å²) in [5.41, 5.74) is -0.760. The SMILES string of the molecule is C[C@H](OC(=O)c1ccc(NC(=O)OC(C)(C)C)cc1)C(=O)N(C)C1(C#N)CCCCC1. The van der Waals surface area contributed by atoms with Gasteiger partial charge < -0.3 is 14.4 Å². The predicted molar refractivity (Wildman–Crippen MR) is 115 cm³/mol. The number of benzene rings is 1. The van der Waals surface area contributed by atoms with E-state index in [-0.39, 0.29) is 5.56 Å². The molecule has 1 aromatic carbocycles. The maximum Gasteiger partial charge on any atom is 0.412 e. The second kappa shape index (κ2) is 9.82. The Morgan fingerprint density at radius 2 is 1.71 bits per heavy atom. The minimum atomic E-state index is -1.02. The molecule has 1 N–H and O–H groups in total. The maximum absolute atomic E-state index is 12.8. The lowest BCUT2D eigenvalue weighted by Crippen LogP contribution is -2.53. The first-order chi connectivity index (χ1) is 14.5. The van der Waals surface area contributed by atoms with E-state index in [1.54, 1.807) is 40.0 Å². The molecule has 1 aromatic rings.